The van der Waals surface area contributed by atoms with Gasteiger partial charge in [-0.3, -0.25) is 4.79 Å². The second-order valence-corrected chi connectivity index (χ2v) is 4.99. The topological polar surface area (TPSA) is 177 Å². The van der Waals surface area contributed by atoms with Crippen LogP contribution in [0, 0.1) is 0 Å². The van der Waals surface area contributed by atoms with Gasteiger partial charge in [0, 0.05) is 0 Å². The lowest BCUT2D eigenvalue weighted by molar-refractivity contribution is -0.403. The molecule has 0 aromatic carbocycles. The Morgan fingerprint density at radius 1 is 1.55 bits per heavy atom. The first-order chi connectivity index (χ1) is 10.3. The summed E-state index contributed by atoms with van der Waals surface area (Å²) in [5.74, 6) is -1.63. The van der Waals surface area contributed by atoms with Crippen molar-refractivity contribution in [2.24, 2.45) is 5.73 Å². The highest BCUT2D eigenvalue weighted by Gasteiger charge is 2.45. The van der Waals surface area contributed by atoms with Crippen molar-refractivity contribution >= 4 is 11.9 Å². The van der Waals surface area contributed by atoms with Crippen molar-refractivity contribution < 1.29 is 35.0 Å². The quantitative estimate of drug-likeness (QED) is 0.399. The highest BCUT2D eigenvalue weighted by molar-refractivity contribution is 5.88. The van der Waals surface area contributed by atoms with Crippen LogP contribution in [-0.4, -0.2) is 67.8 Å². The molecule has 0 spiro atoms. The van der Waals surface area contributed by atoms with E-state index in [4.69, 9.17) is 15.2 Å². The third-order valence-corrected chi connectivity index (χ3v) is 3.12. The van der Waals surface area contributed by atoms with Gasteiger partial charge in [0.2, 0.25) is 5.82 Å². The Hall–Kier alpha value is -2.08. The zero-order valence-electron chi connectivity index (χ0n) is 11.8. The first-order valence-electron chi connectivity index (χ1n) is 6.53. The maximum Gasteiger partial charge on any atom is 0.364 e. The Bertz CT molecular complexity index is 561. The number of quaternary nitrogens is 1. The number of hydrogen-bond donors (Lipinski definition) is 4. The van der Waals surface area contributed by atoms with Crippen LogP contribution in [0.3, 0.4) is 0 Å². The third-order valence-electron chi connectivity index (χ3n) is 3.12. The number of carbonyl (C=O) groups is 2. The molecule has 11 nitrogen and oxygen atoms in total. The third kappa shape index (κ3) is 3.22. The second kappa shape index (κ2) is 6.36. The van der Waals surface area contributed by atoms with E-state index in [0.29, 0.717) is 0 Å². The zero-order valence-corrected chi connectivity index (χ0v) is 11.8. The molecule has 1 amide bonds. The number of amides is 1. The highest BCUT2D eigenvalue weighted by atomic mass is 16.6. The van der Waals surface area contributed by atoms with E-state index in [-0.39, 0.29) is 12.4 Å². The monoisotopic (exact) mass is 316 g/mol. The Morgan fingerprint density at radius 3 is 2.77 bits per heavy atom. The zero-order chi connectivity index (χ0) is 16.4. The van der Waals surface area contributed by atoms with Gasteiger partial charge in [-0.05, 0) is 6.92 Å². The molecule has 2 rings (SSSR count). The molecule has 0 aliphatic carbocycles. The number of aromatic nitrogens is 3. The molecule has 5 atom stereocenters. The molecule has 2 heterocycles. The van der Waals surface area contributed by atoms with Crippen molar-refractivity contribution in [3.63, 3.8) is 0 Å². The number of aliphatic hydroxyl groups is 2. The molecule has 0 saturated carbocycles. The Kier molecular flexibility index (Phi) is 4.71. The average molecular weight is 316 g/mol. The van der Waals surface area contributed by atoms with E-state index in [1.807, 2.05) is 0 Å². The molecule has 11 heteroatoms. The van der Waals surface area contributed by atoms with Crippen LogP contribution < -0.4 is 11.5 Å². The second-order valence-electron chi connectivity index (χ2n) is 4.99. The molecular formula is C11H18N5O6+. The molecule has 1 aliphatic rings. The van der Waals surface area contributed by atoms with Crippen molar-refractivity contribution in [1.82, 2.24) is 14.8 Å². The van der Waals surface area contributed by atoms with Gasteiger partial charge in [-0.2, -0.15) is 0 Å². The van der Waals surface area contributed by atoms with Crippen molar-refractivity contribution in [2.45, 2.75) is 37.5 Å². The van der Waals surface area contributed by atoms with E-state index >= 15 is 0 Å². The summed E-state index contributed by atoms with van der Waals surface area (Å²) in [7, 11) is 0. The van der Waals surface area contributed by atoms with Crippen molar-refractivity contribution in [3.05, 3.63) is 12.2 Å². The van der Waals surface area contributed by atoms with E-state index in [2.05, 4.69) is 15.8 Å². The van der Waals surface area contributed by atoms with Gasteiger partial charge in [-0.15, -0.1) is 5.10 Å². The van der Waals surface area contributed by atoms with Gasteiger partial charge in [0.05, 0.1) is 0 Å². The minimum absolute atomic E-state index is 0.244. The predicted molar refractivity (Wildman–Crippen MR) is 67.8 cm³/mol. The lowest BCUT2D eigenvalue weighted by atomic mass is 10.1. The summed E-state index contributed by atoms with van der Waals surface area (Å²) in [6.45, 7) is 1.32. The van der Waals surface area contributed by atoms with Crippen LogP contribution in [0.4, 0.5) is 0 Å². The smallest absolute Gasteiger partial charge is 0.364 e. The van der Waals surface area contributed by atoms with Crippen molar-refractivity contribution in [1.29, 1.82) is 0 Å². The maximum absolute atomic E-state index is 11.4. The molecule has 0 unspecified atom stereocenters. The first-order valence-corrected chi connectivity index (χ1v) is 6.53. The fraction of sp³-hybridized carbons (Fsp3) is 0.636. The normalized spacial score (nSPS) is 29.3. The van der Waals surface area contributed by atoms with E-state index in [1.165, 1.54) is 0 Å². The summed E-state index contributed by atoms with van der Waals surface area (Å²) in [5.41, 5.74) is 8.54. The molecule has 1 aromatic heterocycles. The fourth-order valence-corrected chi connectivity index (χ4v) is 1.90. The summed E-state index contributed by atoms with van der Waals surface area (Å²) in [5, 5.41) is 23.6. The molecule has 7 N–H and O–H groups in total. The number of hydrogen-bond acceptors (Lipinski definition) is 8. The molecule has 0 radical (unpaired) electrons. The number of rotatable bonds is 5. The highest BCUT2D eigenvalue weighted by Crippen LogP contribution is 2.28. The van der Waals surface area contributed by atoms with Gasteiger partial charge < -0.3 is 31.2 Å². The van der Waals surface area contributed by atoms with Gasteiger partial charge in [-0.25, -0.2) is 14.5 Å². The van der Waals surface area contributed by atoms with Gasteiger partial charge in [0.1, 0.15) is 31.2 Å². The van der Waals surface area contributed by atoms with Gasteiger partial charge in [0.25, 0.3) is 5.91 Å². The van der Waals surface area contributed by atoms with Crippen molar-refractivity contribution in [3.8, 4) is 0 Å². The van der Waals surface area contributed by atoms with Crippen LogP contribution in [0.2, 0.25) is 0 Å². The lowest BCUT2D eigenvalue weighted by Gasteiger charge is -2.14. The van der Waals surface area contributed by atoms with Crippen LogP contribution >= 0.6 is 0 Å². The van der Waals surface area contributed by atoms with Crippen LogP contribution in [0.25, 0.3) is 0 Å². The summed E-state index contributed by atoms with van der Waals surface area (Å²) in [4.78, 5) is 26.0. The minimum Gasteiger partial charge on any atom is -0.458 e. The number of primary amides is 1. The summed E-state index contributed by atoms with van der Waals surface area (Å²) in [6, 6.07) is -0.562. The SMILES string of the molecule is C[C@H]([NH3+])C(=O)OC[C@H]1O[C@@H](n2cnc(C(N)=O)n2)[C@H](O)[C@@H]1O. The average Bonchev–Trinajstić information content (AvgIpc) is 3.04. The van der Waals surface area contributed by atoms with E-state index in [0.717, 1.165) is 11.0 Å². The number of aliphatic hydroxyl groups excluding tert-OH is 2. The van der Waals surface area contributed by atoms with Crippen LogP contribution in [0.1, 0.15) is 23.8 Å². The molecule has 0 bridgehead atoms. The van der Waals surface area contributed by atoms with Gasteiger partial charge in [0.15, 0.2) is 12.3 Å². The number of nitrogens with zero attached hydrogens (tertiary/aromatic N) is 3. The van der Waals surface area contributed by atoms with Crippen LogP contribution in [0.5, 0.6) is 0 Å². The lowest BCUT2D eigenvalue weighted by Crippen LogP contribution is -2.63. The summed E-state index contributed by atoms with van der Waals surface area (Å²) < 4.78 is 11.4. The van der Waals surface area contributed by atoms with Crippen LogP contribution in [0.15, 0.2) is 6.33 Å². The molecule has 1 aliphatic heterocycles. The molecule has 1 fully saturated rings. The van der Waals surface area contributed by atoms with Gasteiger partial charge in [-0.1, -0.05) is 0 Å². The molecule has 122 valence electrons. The molecule has 22 heavy (non-hydrogen) atoms. The first kappa shape index (κ1) is 16.3. The van der Waals surface area contributed by atoms with Crippen molar-refractivity contribution in [2.75, 3.05) is 6.61 Å². The van der Waals surface area contributed by atoms with Gasteiger partial charge >= 0.3 is 5.97 Å². The number of esters is 1. The largest absolute Gasteiger partial charge is 0.458 e. The molecule has 1 aromatic rings. The van der Waals surface area contributed by atoms with E-state index in [9.17, 15) is 19.8 Å². The molecular weight excluding hydrogens is 298 g/mol. The Balaban J connectivity index is 2.03. The maximum atomic E-state index is 11.4. The number of nitrogens with two attached hydrogens (primary N) is 1. The Labute approximate surface area is 124 Å². The summed E-state index contributed by atoms with van der Waals surface area (Å²) >= 11 is 0. The predicted octanol–water partition coefficient (Wildman–Crippen LogP) is -3.83. The van der Waals surface area contributed by atoms with Crippen LogP contribution in [-0.2, 0) is 14.3 Å². The van der Waals surface area contributed by atoms with E-state index < -0.39 is 42.5 Å². The standard InChI is InChI=1S/C11H17N5O6/c1-4(12)11(20)21-2-5-6(17)7(18)10(22-5)16-3-14-9(15-16)8(13)19/h3-7,10,17-18H,2,12H2,1H3,(H2,13,19)/p+1/t4-,5+,6+,7+,10+/m0/s1. The number of ether oxygens (including phenoxy) is 2. The molecule has 1 saturated heterocycles. The number of carbonyl (C=O) groups excluding carboxylic acids is 2. The Morgan fingerprint density at radius 2 is 2.23 bits per heavy atom. The summed E-state index contributed by atoms with van der Waals surface area (Å²) in [6.07, 6.45) is -3.49. The minimum atomic E-state index is -1.33. The van der Waals surface area contributed by atoms with E-state index in [1.54, 1.807) is 6.92 Å². The fourth-order valence-electron chi connectivity index (χ4n) is 1.90.